The Morgan fingerprint density at radius 1 is 1.17 bits per heavy atom. The van der Waals surface area contributed by atoms with E-state index in [-0.39, 0.29) is 12.0 Å². The van der Waals surface area contributed by atoms with Gasteiger partial charge in [0.15, 0.2) is 5.82 Å². The molecule has 0 saturated heterocycles. The molecule has 3 heterocycles. The van der Waals surface area contributed by atoms with Crippen molar-refractivity contribution in [2.45, 2.75) is 32.4 Å². The van der Waals surface area contributed by atoms with E-state index in [1.54, 1.807) is 0 Å². The van der Waals surface area contributed by atoms with Crippen molar-refractivity contribution in [1.82, 2.24) is 15.3 Å². The number of anilines is 1. The normalized spacial score (nSPS) is 17.1. The molecule has 2 aliphatic heterocycles. The number of aromatic nitrogens is 2. The van der Waals surface area contributed by atoms with Gasteiger partial charge in [0.2, 0.25) is 0 Å². The first-order chi connectivity index (χ1) is 14.2. The van der Waals surface area contributed by atoms with Gasteiger partial charge in [-0.25, -0.2) is 9.97 Å². The largest absolute Gasteiger partial charge is 0.490 e. The maximum atomic E-state index is 12.4. The summed E-state index contributed by atoms with van der Waals surface area (Å²) in [5, 5.41) is 6.33. The molecule has 0 aliphatic carbocycles. The molecule has 0 fully saturated rings. The number of ether oxygens (including phenoxy) is 1. The van der Waals surface area contributed by atoms with Gasteiger partial charge in [0.05, 0.1) is 0 Å². The van der Waals surface area contributed by atoms with Crippen molar-refractivity contribution in [2.24, 2.45) is 0 Å². The summed E-state index contributed by atoms with van der Waals surface area (Å²) < 4.78 is 5.79. The highest BCUT2D eigenvalue weighted by atomic mass is 16.5. The summed E-state index contributed by atoms with van der Waals surface area (Å²) >= 11 is 0. The van der Waals surface area contributed by atoms with Gasteiger partial charge in [-0.2, -0.15) is 0 Å². The second kappa shape index (κ2) is 7.20. The number of amides is 1. The molecule has 1 unspecified atom stereocenters. The average molecular weight is 386 g/mol. The van der Waals surface area contributed by atoms with Crippen LogP contribution >= 0.6 is 0 Å². The molecule has 2 aromatic carbocycles. The highest BCUT2D eigenvalue weighted by molar-refractivity contribution is 5.96. The zero-order chi connectivity index (χ0) is 19.8. The Bertz CT molecular complexity index is 1080. The summed E-state index contributed by atoms with van der Waals surface area (Å²) in [5.41, 5.74) is 4.64. The van der Waals surface area contributed by atoms with Crippen molar-refractivity contribution < 1.29 is 9.53 Å². The van der Waals surface area contributed by atoms with Gasteiger partial charge in [0.25, 0.3) is 5.91 Å². The third-order valence-electron chi connectivity index (χ3n) is 5.34. The molecule has 6 nitrogen and oxygen atoms in total. The zero-order valence-electron chi connectivity index (χ0n) is 16.2. The average Bonchev–Trinajstić information content (AvgIpc) is 3.12. The predicted octanol–water partition coefficient (Wildman–Crippen LogP) is 3.37. The lowest BCUT2D eigenvalue weighted by atomic mass is 10.0. The minimum atomic E-state index is -0.141. The summed E-state index contributed by atoms with van der Waals surface area (Å²) in [7, 11) is 0. The Morgan fingerprint density at radius 3 is 2.90 bits per heavy atom. The van der Waals surface area contributed by atoms with Crippen LogP contribution in [0.3, 0.4) is 0 Å². The molecule has 2 aliphatic rings. The molecule has 1 atom stereocenters. The molecule has 0 spiro atoms. The second-order valence-corrected chi connectivity index (χ2v) is 7.52. The maximum Gasteiger partial charge on any atom is 0.270 e. The number of benzene rings is 2. The summed E-state index contributed by atoms with van der Waals surface area (Å²) in [6.07, 6.45) is 1.88. The summed E-state index contributed by atoms with van der Waals surface area (Å²) in [6, 6.07) is 16.0. The van der Waals surface area contributed by atoms with E-state index in [0.29, 0.717) is 31.0 Å². The van der Waals surface area contributed by atoms with Crippen molar-refractivity contribution in [3.05, 3.63) is 70.9 Å². The number of rotatable bonds is 4. The van der Waals surface area contributed by atoms with Crippen LogP contribution in [0, 0.1) is 0 Å². The molecule has 1 aromatic heterocycles. The molecule has 0 bridgehead atoms. The Morgan fingerprint density at radius 2 is 2.03 bits per heavy atom. The fourth-order valence-electron chi connectivity index (χ4n) is 3.93. The van der Waals surface area contributed by atoms with Gasteiger partial charge in [0.1, 0.15) is 23.4 Å². The van der Waals surface area contributed by atoms with E-state index in [9.17, 15) is 4.79 Å². The van der Waals surface area contributed by atoms with Crippen LogP contribution < -0.4 is 15.4 Å². The molecule has 1 amide bonds. The molecular formula is C23H22N4O2. The molecule has 0 radical (unpaired) electrons. The fourth-order valence-corrected chi connectivity index (χ4v) is 3.93. The minimum absolute atomic E-state index is 0.141. The highest BCUT2D eigenvalue weighted by Crippen LogP contribution is 2.30. The van der Waals surface area contributed by atoms with Crippen molar-refractivity contribution in [2.75, 3.05) is 11.9 Å². The molecule has 5 rings (SSSR count). The van der Waals surface area contributed by atoms with Crippen LogP contribution in [0.5, 0.6) is 5.75 Å². The molecule has 29 heavy (non-hydrogen) atoms. The first-order valence-corrected chi connectivity index (χ1v) is 9.94. The lowest BCUT2D eigenvalue weighted by Gasteiger charge is -2.20. The zero-order valence-corrected chi connectivity index (χ0v) is 16.2. The first kappa shape index (κ1) is 17.7. The molecule has 2 N–H and O–H groups in total. The summed E-state index contributed by atoms with van der Waals surface area (Å²) in [6.45, 7) is 3.31. The Hall–Kier alpha value is -3.41. The molecule has 146 valence electrons. The molecular weight excluding hydrogens is 364 g/mol. The predicted molar refractivity (Wildman–Crippen MR) is 111 cm³/mol. The van der Waals surface area contributed by atoms with E-state index in [0.717, 1.165) is 34.7 Å². The van der Waals surface area contributed by atoms with Crippen LogP contribution in [0.2, 0.25) is 0 Å². The van der Waals surface area contributed by atoms with Crippen molar-refractivity contribution >= 4 is 11.7 Å². The SMILES string of the molecule is CC1Cc2cc(CNc3nc(-c4ccccc4)nc4c3CCNC4=O)ccc2O1. The van der Waals surface area contributed by atoms with E-state index in [2.05, 4.69) is 34.7 Å². The molecule has 3 aromatic rings. The lowest BCUT2D eigenvalue weighted by molar-refractivity contribution is 0.0940. The standard InChI is InChI=1S/C23H22N4O2/c1-14-11-17-12-15(7-8-19(17)29-14)13-25-22-18-9-10-24-23(28)20(18)26-21(27-22)16-5-3-2-4-6-16/h2-8,12,14H,9-11,13H2,1H3,(H,24,28)(H,25,26,27). The Kier molecular flexibility index (Phi) is 4.39. The number of hydrogen-bond acceptors (Lipinski definition) is 5. The van der Waals surface area contributed by atoms with Gasteiger partial charge >= 0.3 is 0 Å². The topological polar surface area (TPSA) is 76.1 Å². The van der Waals surface area contributed by atoms with Gasteiger partial charge in [0, 0.05) is 30.6 Å². The lowest BCUT2D eigenvalue weighted by Crippen LogP contribution is -2.34. The minimum Gasteiger partial charge on any atom is -0.490 e. The first-order valence-electron chi connectivity index (χ1n) is 9.94. The van der Waals surface area contributed by atoms with Crippen molar-refractivity contribution in [1.29, 1.82) is 0 Å². The van der Waals surface area contributed by atoms with Crippen LogP contribution in [0.25, 0.3) is 11.4 Å². The van der Waals surface area contributed by atoms with Gasteiger partial charge in [-0.15, -0.1) is 0 Å². The number of hydrogen-bond donors (Lipinski definition) is 2. The number of nitrogens with one attached hydrogen (secondary N) is 2. The number of carbonyl (C=O) groups is 1. The van der Waals surface area contributed by atoms with Crippen LogP contribution in [0.4, 0.5) is 5.82 Å². The summed E-state index contributed by atoms with van der Waals surface area (Å²) in [5.74, 6) is 2.12. The van der Waals surface area contributed by atoms with E-state index in [4.69, 9.17) is 9.72 Å². The number of fused-ring (bicyclic) bond motifs is 2. The number of nitrogens with zero attached hydrogens (tertiary/aromatic N) is 2. The van der Waals surface area contributed by atoms with E-state index in [1.165, 1.54) is 5.56 Å². The second-order valence-electron chi connectivity index (χ2n) is 7.52. The monoisotopic (exact) mass is 386 g/mol. The van der Waals surface area contributed by atoms with Gasteiger partial charge in [-0.1, -0.05) is 42.5 Å². The van der Waals surface area contributed by atoms with E-state index < -0.39 is 0 Å². The van der Waals surface area contributed by atoms with E-state index in [1.807, 2.05) is 36.4 Å². The van der Waals surface area contributed by atoms with Gasteiger partial charge < -0.3 is 15.4 Å². The van der Waals surface area contributed by atoms with Crippen molar-refractivity contribution in [3.8, 4) is 17.1 Å². The maximum absolute atomic E-state index is 12.4. The Balaban J connectivity index is 1.47. The van der Waals surface area contributed by atoms with Crippen LogP contribution in [-0.2, 0) is 19.4 Å². The highest BCUT2D eigenvalue weighted by Gasteiger charge is 2.24. The van der Waals surface area contributed by atoms with Crippen LogP contribution in [0.1, 0.15) is 34.1 Å². The quantitative estimate of drug-likeness (QED) is 0.719. The fraction of sp³-hybridized carbons (Fsp3) is 0.261. The van der Waals surface area contributed by atoms with E-state index >= 15 is 0 Å². The molecule has 6 heteroatoms. The Labute approximate surface area is 169 Å². The van der Waals surface area contributed by atoms with Crippen LogP contribution in [-0.4, -0.2) is 28.5 Å². The van der Waals surface area contributed by atoms with Gasteiger partial charge in [-0.3, -0.25) is 4.79 Å². The molecule has 0 saturated carbocycles. The van der Waals surface area contributed by atoms with Crippen molar-refractivity contribution in [3.63, 3.8) is 0 Å². The third kappa shape index (κ3) is 3.42. The van der Waals surface area contributed by atoms with Crippen LogP contribution in [0.15, 0.2) is 48.5 Å². The smallest absolute Gasteiger partial charge is 0.270 e. The van der Waals surface area contributed by atoms with Gasteiger partial charge in [-0.05, 0) is 30.5 Å². The summed E-state index contributed by atoms with van der Waals surface area (Å²) in [4.78, 5) is 21.7. The third-order valence-corrected chi connectivity index (χ3v) is 5.34. The number of carbonyl (C=O) groups excluding carboxylic acids is 1.